The lowest BCUT2D eigenvalue weighted by Gasteiger charge is -2.41. The Morgan fingerprint density at radius 1 is 0.914 bits per heavy atom. The Labute approximate surface area is 197 Å². The summed E-state index contributed by atoms with van der Waals surface area (Å²) in [7, 11) is 0. The molecule has 0 aromatic heterocycles. The van der Waals surface area contributed by atoms with Crippen LogP contribution in [0.3, 0.4) is 0 Å². The summed E-state index contributed by atoms with van der Waals surface area (Å²) in [6.45, 7) is 3.69. The van der Waals surface area contributed by atoms with Crippen LogP contribution in [-0.2, 0) is 23.6 Å². The number of amides is 1. The average Bonchev–Trinajstić information content (AvgIpc) is 2.74. The van der Waals surface area contributed by atoms with Gasteiger partial charge in [0, 0.05) is 31.2 Å². The van der Waals surface area contributed by atoms with E-state index in [-0.39, 0.29) is 38.7 Å². The van der Waals surface area contributed by atoms with Crippen molar-refractivity contribution in [1.82, 2.24) is 9.80 Å². The number of carboxylic acids is 1. The molecule has 35 heavy (non-hydrogen) atoms. The zero-order chi connectivity index (χ0) is 26.1. The van der Waals surface area contributed by atoms with Crippen LogP contribution in [0.25, 0.3) is 0 Å². The Balaban J connectivity index is 1.98. The fourth-order valence-electron chi connectivity index (χ4n) is 4.14. The summed E-state index contributed by atoms with van der Waals surface area (Å²) < 4.78 is 79.8. The van der Waals surface area contributed by atoms with E-state index in [1.54, 1.807) is 4.90 Å². The van der Waals surface area contributed by atoms with Crippen molar-refractivity contribution in [3.8, 4) is 0 Å². The molecule has 0 spiro atoms. The molecule has 1 saturated heterocycles. The normalized spacial score (nSPS) is 17.5. The molecule has 3 rings (SSSR count). The molecule has 1 N–H and O–H groups in total. The predicted octanol–water partition coefficient (Wildman–Crippen LogP) is 4.79. The van der Waals surface area contributed by atoms with Crippen molar-refractivity contribution in [3.63, 3.8) is 0 Å². The minimum atomic E-state index is -5.07. The van der Waals surface area contributed by atoms with Crippen molar-refractivity contribution in [1.29, 1.82) is 0 Å². The predicted molar refractivity (Wildman–Crippen MR) is 115 cm³/mol. The molecule has 0 aliphatic carbocycles. The molecule has 0 unspecified atom stereocenters. The maximum Gasteiger partial charge on any atom is 0.416 e. The van der Waals surface area contributed by atoms with Gasteiger partial charge in [-0.3, -0.25) is 14.5 Å². The summed E-state index contributed by atoms with van der Waals surface area (Å²) in [5.41, 5.74) is -1.03. The van der Waals surface area contributed by atoms with Crippen LogP contribution in [0.1, 0.15) is 38.2 Å². The van der Waals surface area contributed by atoms with Crippen LogP contribution >= 0.6 is 0 Å². The Morgan fingerprint density at radius 2 is 1.51 bits per heavy atom. The number of alkyl halides is 6. The number of carboxylic acid groups (broad SMARTS) is 1. The molecule has 1 heterocycles. The van der Waals surface area contributed by atoms with Crippen molar-refractivity contribution in [2.45, 2.75) is 38.7 Å². The van der Waals surface area contributed by atoms with E-state index in [1.165, 1.54) is 4.90 Å². The molecule has 11 heteroatoms. The summed E-state index contributed by atoms with van der Waals surface area (Å²) in [6.07, 6.45) is -9.89. The van der Waals surface area contributed by atoms with Crippen LogP contribution in [-0.4, -0.2) is 59.0 Å². The largest absolute Gasteiger partial charge is 0.480 e. The van der Waals surface area contributed by atoms with Crippen molar-refractivity contribution in [3.05, 3.63) is 69.8 Å². The number of aliphatic carboxylic acids is 1. The van der Waals surface area contributed by atoms with E-state index < -0.39 is 47.0 Å². The molecular formula is C24H24F6N2O3. The minimum Gasteiger partial charge on any atom is -0.480 e. The van der Waals surface area contributed by atoms with Gasteiger partial charge < -0.3 is 10.0 Å². The fraction of sp³-hybridized carbons (Fsp3) is 0.417. The van der Waals surface area contributed by atoms with Gasteiger partial charge in [0.1, 0.15) is 0 Å². The van der Waals surface area contributed by atoms with Gasteiger partial charge in [-0.15, -0.1) is 0 Å². The van der Waals surface area contributed by atoms with Crippen LogP contribution < -0.4 is 0 Å². The lowest BCUT2D eigenvalue weighted by molar-refractivity contribution is -0.143. The molecule has 1 amide bonds. The number of aryl methyl sites for hydroxylation is 2. The van der Waals surface area contributed by atoms with E-state index >= 15 is 0 Å². The first-order valence-electron chi connectivity index (χ1n) is 10.8. The van der Waals surface area contributed by atoms with Gasteiger partial charge in [-0.2, -0.15) is 26.3 Å². The van der Waals surface area contributed by atoms with Gasteiger partial charge in [-0.25, -0.2) is 0 Å². The zero-order valence-electron chi connectivity index (χ0n) is 19.0. The highest BCUT2D eigenvalue weighted by Crippen LogP contribution is 2.37. The maximum atomic E-state index is 13.3. The molecule has 190 valence electrons. The van der Waals surface area contributed by atoms with Gasteiger partial charge in [-0.1, -0.05) is 18.2 Å². The van der Waals surface area contributed by atoms with Crippen LogP contribution in [0.2, 0.25) is 0 Å². The van der Waals surface area contributed by atoms with Crippen LogP contribution in [0.4, 0.5) is 26.3 Å². The fourth-order valence-corrected chi connectivity index (χ4v) is 4.14. The number of halogens is 6. The van der Waals surface area contributed by atoms with Crippen LogP contribution in [0.5, 0.6) is 0 Å². The first-order valence-corrected chi connectivity index (χ1v) is 10.8. The van der Waals surface area contributed by atoms with Crippen molar-refractivity contribution in [2.75, 3.05) is 26.2 Å². The lowest BCUT2D eigenvalue weighted by Crippen LogP contribution is -2.56. The number of benzene rings is 2. The molecule has 0 radical (unpaired) electrons. The van der Waals surface area contributed by atoms with Crippen LogP contribution in [0.15, 0.2) is 36.4 Å². The highest BCUT2D eigenvalue weighted by atomic mass is 19.4. The molecule has 0 saturated carbocycles. The number of carbonyl (C=O) groups is 2. The standard InChI is InChI=1S/C24H24F6N2O3/c1-14-3-4-16(7-15(14)2)8-20-12-31(13-21(33)34)5-6-32(20)22(35)17-9-18(23(25,26)27)11-19(10-17)24(28,29)30/h3-4,7,9-11,20H,5-6,8,12-13H2,1-2H3,(H,33,34)/t20-/m1/s1. The van der Waals surface area contributed by atoms with Gasteiger partial charge in [0.2, 0.25) is 0 Å². The van der Waals surface area contributed by atoms with Gasteiger partial charge in [0.05, 0.1) is 17.7 Å². The minimum absolute atomic E-state index is 0.0197. The Kier molecular flexibility index (Phi) is 7.49. The second kappa shape index (κ2) is 9.88. The first-order chi connectivity index (χ1) is 16.1. The summed E-state index contributed by atoms with van der Waals surface area (Å²) in [5.74, 6) is -2.05. The Hall–Kier alpha value is -3.08. The zero-order valence-corrected chi connectivity index (χ0v) is 19.0. The number of hydrogen-bond donors (Lipinski definition) is 1. The Morgan fingerprint density at radius 3 is 2.03 bits per heavy atom. The van der Waals surface area contributed by atoms with E-state index in [9.17, 15) is 35.9 Å². The second-order valence-corrected chi connectivity index (χ2v) is 8.70. The average molecular weight is 502 g/mol. The van der Waals surface area contributed by atoms with E-state index in [1.807, 2.05) is 32.0 Å². The first kappa shape index (κ1) is 26.5. The number of hydrogen-bond acceptors (Lipinski definition) is 3. The molecule has 0 bridgehead atoms. The third-order valence-electron chi connectivity index (χ3n) is 6.06. The van der Waals surface area contributed by atoms with E-state index in [2.05, 4.69) is 0 Å². The van der Waals surface area contributed by atoms with Gasteiger partial charge in [0.15, 0.2) is 0 Å². The highest BCUT2D eigenvalue weighted by Gasteiger charge is 2.39. The molecule has 2 aromatic carbocycles. The molecule has 2 aromatic rings. The Bertz CT molecular complexity index is 1080. The van der Waals surface area contributed by atoms with Crippen molar-refractivity contribution in [2.24, 2.45) is 0 Å². The molecule has 5 nitrogen and oxygen atoms in total. The van der Waals surface area contributed by atoms with Gasteiger partial charge in [-0.05, 0) is 55.2 Å². The summed E-state index contributed by atoms with van der Waals surface area (Å²) in [6, 6.07) is 5.77. The topological polar surface area (TPSA) is 60.9 Å². The quantitative estimate of drug-likeness (QED) is 0.598. The van der Waals surface area contributed by atoms with E-state index in [4.69, 9.17) is 5.11 Å². The van der Waals surface area contributed by atoms with Crippen molar-refractivity contribution >= 4 is 11.9 Å². The van der Waals surface area contributed by atoms with Gasteiger partial charge >= 0.3 is 18.3 Å². The smallest absolute Gasteiger partial charge is 0.416 e. The molecule has 1 aliphatic rings. The maximum absolute atomic E-state index is 13.3. The van der Waals surface area contributed by atoms with Crippen molar-refractivity contribution < 1.29 is 41.0 Å². The summed E-state index contributed by atoms with van der Waals surface area (Å²) in [4.78, 5) is 27.3. The SMILES string of the molecule is Cc1ccc(C[C@@H]2CN(CC(=O)O)CCN2C(=O)c2cc(C(F)(F)F)cc(C(F)(F)F)c2)cc1C. The molecule has 1 atom stereocenters. The summed E-state index contributed by atoms with van der Waals surface area (Å²) >= 11 is 0. The molecule has 1 aliphatic heterocycles. The molecular weight excluding hydrogens is 478 g/mol. The number of rotatable bonds is 5. The van der Waals surface area contributed by atoms with Gasteiger partial charge in [0.25, 0.3) is 5.91 Å². The number of nitrogens with zero attached hydrogens (tertiary/aromatic N) is 2. The third kappa shape index (κ3) is 6.53. The molecule has 1 fully saturated rings. The van der Waals surface area contributed by atoms with E-state index in [0.717, 1.165) is 16.7 Å². The summed E-state index contributed by atoms with van der Waals surface area (Å²) in [5, 5.41) is 9.14. The number of piperazine rings is 1. The van der Waals surface area contributed by atoms with Crippen LogP contribution in [0, 0.1) is 13.8 Å². The third-order valence-corrected chi connectivity index (χ3v) is 6.06. The highest BCUT2D eigenvalue weighted by molar-refractivity contribution is 5.95. The monoisotopic (exact) mass is 502 g/mol. The second-order valence-electron chi connectivity index (χ2n) is 8.70. The van der Waals surface area contributed by atoms with E-state index in [0.29, 0.717) is 12.1 Å². The lowest BCUT2D eigenvalue weighted by atomic mass is 9.97. The number of carbonyl (C=O) groups excluding carboxylic acids is 1.